The van der Waals surface area contributed by atoms with Gasteiger partial charge in [-0.25, -0.2) is 4.79 Å². The monoisotopic (exact) mass is 526 g/mol. The van der Waals surface area contributed by atoms with Gasteiger partial charge in [0.25, 0.3) is 0 Å². The van der Waals surface area contributed by atoms with E-state index in [1.54, 1.807) is 6.08 Å². The molecule has 3 aromatic rings. The van der Waals surface area contributed by atoms with Gasteiger partial charge in [-0.2, -0.15) is 4.98 Å². The van der Waals surface area contributed by atoms with Crippen LogP contribution in [0.3, 0.4) is 0 Å². The number of carbonyl (C=O) groups is 1. The van der Waals surface area contributed by atoms with Crippen molar-refractivity contribution in [3.63, 3.8) is 0 Å². The van der Waals surface area contributed by atoms with Gasteiger partial charge in [-0.15, -0.1) is 0 Å². The van der Waals surface area contributed by atoms with E-state index in [0.717, 1.165) is 36.2 Å². The van der Waals surface area contributed by atoms with Crippen molar-refractivity contribution in [2.24, 2.45) is 5.92 Å². The first-order chi connectivity index (χ1) is 19.1. The van der Waals surface area contributed by atoms with E-state index < -0.39 is 6.04 Å². The normalized spacial score (nSPS) is 19.1. The van der Waals surface area contributed by atoms with Crippen molar-refractivity contribution < 1.29 is 14.1 Å². The number of para-hydroxylation sites is 1. The Labute approximate surface area is 231 Å². The van der Waals surface area contributed by atoms with Gasteiger partial charge in [0.2, 0.25) is 5.89 Å². The Morgan fingerprint density at radius 3 is 2.64 bits per heavy atom. The zero-order valence-corrected chi connectivity index (χ0v) is 22.8. The number of benzene rings is 2. The summed E-state index contributed by atoms with van der Waals surface area (Å²) in [6.07, 6.45) is 9.92. The summed E-state index contributed by atoms with van der Waals surface area (Å²) >= 11 is 0. The molecule has 3 atom stereocenters. The van der Waals surface area contributed by atoms with Crippen molar-refractivity contribution in [1.29, 1.82) is 0 Å². The number of rotatable bonds is 12. The van der Waals surface area contributed by atoms with Gasteiger partial charge in [0, 0.05) is 12.2 Å². The molecule has 2 heterocycles. The highest BCUT2D eigenvalue weighted by Crippen LogP contribution is 2.28. The lowest BCUT2D eigenvalue weighted by atomic mass is 9.91. The summed E-state index contributed by atoms with van der Waals surface area (Å²) < 4.78 is 11.7. The minimum atomic E-state index is -0.601. The van der Waals surface area contributed by atoms with Crippen LogP contribution in [0.25, 0.3) is 0 Å². The molecule has 7 nitrogen and oxygen atoms in total. The molecule has 204 valence electrons. The van der Waals surface area contributed by atoms with Crippen LogP contribution in [-0.2, 0) is 22.5 Å². The molecule has 1 N–H and O–H groups in total. The maximum absolute atomic E-state index is 13.6. The van der Waals surface area contributed by atoms with Gasteiger partial charge in [-0.05, 0) is 55.5 Å². The van der Waals surface area contributed by atoms with E-state index in [9.17, 15) is 4.79 Å². The highest BCUT2D eigenvalue weighted by atomic mass is 16.5. The van der Waals surface area contributed by atoms with Crippen molar-refractivity contribution in [2.75, 3.05) is 18.4 Å². The number of nitrogens with zero attached hydrogens (tertiary/aromatic N) is 3. The lowest BCUT2D eigenvalue weighted by Gasteiger charge is -2.37. The van der Waals surface area contributed by atoms with E-state index in [4.69, 9.17) is 9.26 Å². The Morgan fingerprint density at radius 1 is 1.21 bits per heavy atom. The van der Waals surface area contributed by atoms with Gasteiger partial charge in [0.1, 0.15) is 6.10 Å². The van der Waals surface area contributed by atoms with Crippen molar-refractivity contribution in [3.8, 4) is 0 Å². The number of nitrogens with one attached hydrogen (secondary N) is 1. The first-order valence-electron chi connectivity index (χ1n) is 13.6. The predicted molar refractivity (Wildman–Crippen MR) is 154 cm³/mol. The molecule has 0 bridgehead atoms. The standard InChI is InChI=1S/C32H38N4O3/c1-4-7-14-24(5-2)21-30-34-29(35-39-30)23-36-20-19-25(6-3)28(22-36)38-32(37)31(26-15-10-8-11-16-26)33-27-17-12-9-13-18-27/h4-5,7-18,25,28,31,33H,2,6,19-23H2,1,3H3/b7-4-,24-14+/t25?,28-,31+/m0/s1. The number of ether oxygens (including phenoxy) is 1. The van der Waals surface area contributed by atoms with Crippen LogP contribution in [0.4, 0.5) is 5.69 Å². The molecule has 0 radical (unpaired) electrons. The van der Waals surface area contributed by atoms with Crippen LogP contribution < -0.4 is 5.32 Å². The number of anilines is 1. The molecule has 7 heteroatoms. The second-order valence-electron chi connectivity index (χ2n) is 9.77. The number of likely N-dealkylation sites (tertiary alicyclic amines) is 1. The van der Waals surface area contributed by atoms with Crippen molar-refractivity contribution in [3.05, 3.63) is 114 Å². The van der Waals surface area contributed by atoms with Gasteiger partial charge in [-0.1, -0.05) is 91.5 Å². The Hall–Kier alpha value is -3.97. The topological polar surface area (TPSA) is 80.5 Å². The second-order valence-corrected chi connectivity index (χ2v) is 9.77. The Balaban J connectivity index is 1.42. The molecule has 1 aliphatic heterocycles. The molecule has 39 heavy (non-hydrogen) atoms. The molecular weight excluding hydrogens is 488 g/mol. The molecule has 1 unspecified atom stereocenters. The third-order valence-electron chi connectivity index (χ3n) is 7.02. The molecule has 1 aliphatic rings. The van der Waals surface area contributed by atoms with Crippen molar-refractivity contribution >= 4 is 11.7 Å². The highest BCUT2D eigenvalue weighted by Gasteiger charge is 2.34. The summed E-state index contributed by atoms with van der Waals surface area (Å²) in [5.41, 5.74) is 2.75. The van der Waals surface area contributed by atoms with E-state index in [2.05, 4.69) is 33.9 Å². The van der Waals surface area contributed by atoms with Gasteiger partial charge in [-0.3, -0.25) is 4.90 Å². The van der Waals surface area contributed by atoms with Gasteiger partial charge in [0.05, 0.1) is 13.0 Å². The van der Waals surface area contributed by atoms with Crippen molar-refractivity contribution in [1.82, 2.24) is 15.0 Å². The minimum Gasteiger partial charge on any atom is -0.459 e. The summed E-state index contributed by atoms with van der Waals surface area (Å²) in [6.45, 7) is 10.0. The fourth-order valence-electron chi connectivity index (χ4n) is 4.84. The fraction of sp³-hybridized carbons (Fsp3) is 0.344. The third kappa shape index (κ3) is 8.01. The number of esters is 1. The number of aromatic nitrogens is 2. The highest BCUT2D eigenvalue weighted by molar-refractivity contribution is 5.81. The smallest absolute Gasteiger partial charge is 0.333 e. The van der Waals surface area contributed by atoms with E-state index >= 15 is 0 Å². The quantitative estimate of drug-likeness (QED) is 0.219. The molecular formula is C32H38N4O3. The van der Waals surface area contributed by atoms with Gasteiger partial charge >= 0.3 is 5.97 Å². The van der Waals surface area contributed by atoms with Crippen LogP contribution in [0, 0.1) is 5.92 Å². The van der Waals surface area contributed by atoms with E-state index in [-0.39, 0.29) is 12.1 Å². The number of hydrogen-bond acceptors (Lipinski definition) is 7. The third-order valence-corrected chi connectivity index (χ3v) is 7.02. The number of carbonyl (C=O) groups excluding carboxylic acids is 1. The lowest BCUT2D eigenvalue weighted by molar-refractivity contribution is -0.156. The van der Waals surface area contributed by atoms with Gasteiger partial charge in [0.15, 0.2) is 11.9 Å². The van der Waals surface area contributed by atoms with E-state index in [1.807, 2.05) is 85.8 Å². The molecule has 0 saturated carbocycles. The number of piperidine rings is 1. The molecule has 0 aliphatic carbocycles. The number of allylic oxidation sites excluding steroid dienone is 5. The summed E-state index contributed by atoms with van der Waals surface area (Å²) in [6, 6.07) is 18.9. The molecule has 1 saturated heterocycles. The maximum atomic E-state index is 13.6. The predicted octanol–water partition coefficient (Wildman–Crippen LogP) is 6.30. The minimum absolute atomic E-state index is 0.220. The van der Waals surface area contributed by atoms with Crippen LogP contribution in [-0.4, -0.2) is 40.2 Å². The molecule has 0 spiro atoms. The lowest BCUT2D eigenvalue weighted by Crippen LogP contribution is -2.46. The molecule has 2 aromatic carbocycles. The zero-order valence-electron chi connectivity index (χ0n) is 22.8. The summed E-state index contributed by atoms with van der Waals surface area (Å²) in [5, 5.41) is 7.56. The van der Waals surface area contributed by atoms with E-state index in [1.165, 1.54) is 0 Å². The maximum Gasteiger partial charge on any atom is 0.333 e. The van der Waals surface area contributed by atoms with Crippen LogP contribution in [0.1, 0.15) is 50.0 Å². The average Bonchev–Trinajstić information content (AvgIpc) is 3.41. The molecule has 1 aromatic heterocycles. The molecule has 4 rings (SSSR count). The van der Waals surface area contributed by atoms with Gasteiger partial charge < -0.3 is 14.6 Å². The van der Waals surface area contributed by atoms with Crippen LogP contribution >= 0.6 is 0 Å². The van der Waals surface area contributed by atoms with E-state index in [0.29, 0.717) is 37.1 Å². The summed E-state index contributed by atoms with van der Waals surface area (Å²) in [4.78, 5) is 20.4. The zero-order chi connectivity index (χ0) is 27.5. The second kappa shape index (κ2) is 14.3. The Bertz CT molecular complexity index is 1250. The molecule has 0 amide bonds. The van der Waals surface area contributed by atoms with Crippen LogP contribution in [0.5, 0.6) is 0 Å². The summed E-state index contributed by atoms with van der Waals surface area (Å²) in [5.74, 6) is 1.21. The average molecular weight is 527 g/mol. The summed E-state index contributed by atoms with van der Waals surface area (Å²) in [7, 11) is 0. The van der Waals surface area contributed by atoms with Crippen molar-refractivity contribution in [2.45, 2.75) is 51.8 Å². The number of hydrogen-bond donors (Lipinski definition) is 1. The van der Waals surface area contributed by atoms with Crippen LogP contribution in [0.15, 0.2) is 102 Å². The first kappa shape index (κ1) is 28.0. The molecule has 1 fully saturated rings. The SMILES string of the molecule is C=C/C(=C\C=C/C)Cc1nc(CN2CCC(CC)[C@@H](OC(=O)[C@H](Nc3ccccc3)c3ccccc3)C2)no1. The largest absolute Gasteiger partial charge is 0.459 e. The Kier molecular flexibility index (Phi) is 10.3. The Morgan fingerprint density at radius 2 is 1.95 bits per heavy atom. The fourth-order valence-corrected chi connectivity index (χ4v) is 4.84. The first-order valence-corrected chi connectivity index (χ1v) is 13.6. The van der Waals surface area contributed by atoms with Crippen LogP contribution in [0.2, 0.25) is 0 Å².